The molecular formula is C21H33N2O2Sn+. The Morgan fingerprint density at radius 2 is 1.85 bits per heavy atom. The monoisotopic (exact) mass is 465 g/mol. The third kappa shape index (κ3) is 5.35. The first-order valence-electron chi connectivity index (χ1n) is 9.93. The first kappa shape index (κ1) is 21.0. The van der Waals surface area contributed by atoms with Gasteiger partial charge in [0.15, 0.2) is 0 Å². The summed E-state index contributed by atoms with van der Waals surface area (Å²) in [5, 5.41) is 9.47. The number of hydrogen-bond donors (Lipinski definition) is 1. The molecule has 1 heterocycles. The van der Waals surface area contributed by atoms with E-state index in [2.05, 4.69) is 54.7 Å². The Labute approximate surface area is 161 Å². The molecule has 0 saturated carbocycles. The molecule has 0 unspecified atom stereocenters. The van der Waals surface area contributed by atoms with Crippen LogP contribution in [0.3, 0.4) is 0 Å². The molecule has 2 aromatic rings. The standard InChI is InChI=1S/C7H5O2.C6H10N2.2C4H9.Sn/c8-7(9)6-4-2-1-3-5-6;1-3-8-5-4-7(2)6-8;2*1-3-4-2;/h1-2,4-5H,(H,8,9);4-6H,2-3H2,1H3;2*1,3-4H2,2H3;/q;+1;;;. The second kappa shape index (κ2) is 10.1. The van der Waals surface area contributed by atoms with Gasteiger partial charge in [-0.2, -0.15) is 0 Å². The van der Waals surface area contributed by atoms with Crippen molar-refractivity contribution in [2.24, 2.45) is 0 Å². The van der Waals surface area contributed by atoms with Gasteiger partial charge in [-0.3, -0.25) is 0 Å². The van der Waals surface area contributed by atoms with Crippen LogP contribution < -0.4 is 8.15 Å². The summed E-state index contributed by atoms with van der Waals surface area (Å²) in [6, 6.07) is 7.87. The molecule has 5 heteroatoms. The number of aryl methyl sites for hydroxylation is 1. The van der Waals surface area contributed by atoms with E-state index in [4.69, 9.17) is 0 Å². The zero-order valence-corrected chi connectivity index (χ0v) is 19.3. The SMILES string of the molecule is CCC[CH2][Sn]([CH2]CCC)([CH2][n+]1ccn(CC)c1)[c]1cccc(C(=O)O)c1. The number of rotatable bonds is 11. The van der Waals surface area contributed by atoms with Crippen molar-refractivity contribution in [3.8, 4) is 0 Å². The third-order valence-corrected chi connectivity index (χ3v) is 20.0. The van der Waals surface area contributed by atoms with E-state index in [1.807, 2.05) is 12.1 Å². The molecule has 0 aliphatic carbocycles. The van der Waals surface area contributed by atoms with Crippen molar-refractivity contribution < 1.29 is 14.5 Å². The van der Waals surface area contributed by atoms with Gasteiger partial charge in [-0.05, 0) is 0 Å². The molecule has 142 valence electrons. The maximum absolute atomic E-state index is 11.5. The zero-order chi connectivity index (χ0) is 19.0. The number of imidazole rings is 1. The molecular weight excluding hydrogens is 431 g/mol. The van der Waals surface area contributed by atoms with Crippen molar-refractivity contribution in [1.29, 1.82) is 0 Å². The van der Waals surface area contributed by atoms with Crippen LogP contribution in [0.4, 0.5) is 0 Å². The fourth-order valence-corrected chi connectivity index (χ4v) is 18.5. The van der Waals surface area contributed by atoms with Crippen LogP contribution in [0.2, 0.25) is 8.87 Å². The minimum absolute atomic E-state index is 0.438. The molecule has 4 nitrogen and oxygen atoms in total. The molecule has 1 aromatic carbocycles. The van der Waals surface area contributed by atoms with Crippen LogP contribution in [0.15, 0.2) is 43.0 Å². The minimum atomic E-state index is -2.78. The zero-order valence-electron chi connectivity index (χ0n) is 16.4. The predicted molar refractivity (Wildman–Crippen MR) is 109 cm³/mol. The van der Waals surface area contributed by atoms with Gasteiger partial charge in [0.1, 0.15) is 0 Å². The van der Waals surface area contributed by atoms with Crippen LogP contribution in [0.1, 0.15) is 56.8 Å². The van der Waals surface area contributed by atoms with Crippen molar-refractivity contribution in [2.45, 2.75) is 66.4 Å². The molecule has 0 aliphatic rings. The Hall–Kier alpha value is -1.30. The average molecular weight is 464 g/mol. The number of aromatic carboxylic acids is 1. The number of aromatic nitrogens is 2. The molecule has 2 rings (SSSR count). The average Bonchev–Trinajstić information content (AvgIpc) is 3.11. The predicted octanol–water partition coefficient (Wildman–Crippen LogP) is 3.99. The molecule has 0 amide bonds. The van der Waals surface area contributed by atoms with Gasteiger partial charge in [0.2, 0.25) is 0 Å². The molecule has 1 N–H and O–H groups in total. The molecule has 26 heavy (non-hydrogen) atoms. The fourth-order valence-electron chi connectivity index (χ4n) is 3.74. The summed E-state index contributed by atoms with van der Waals surface area (Å²) in [6.45, 7) is 7.65. The molecule has 0 bridgehead atoms. The summed E-state index contributed by atoms with van der Waals surface area (Å²) < 4.78 is 9.63. The van der Waals surface area contributed by atoms with E-state index in [0.29, 0.717) is 5.56 Å². The quantitative estimate of drug-likeness (QED) is 0.404. The van der Waals surface area contributed by atoms with E-state index in [1.165, 1.54) is 38.1 Å². The molecule has 0 aliphatic heterocycles. The Morgan fingerprint density at radius 1 is 1.15 bits per heavy atom. The van der Waals surface area contributed by atoms with Crippen molar-refractivity contribution in [1.82, 2.24) is 4.57 Å². The summed E-state index contributed by atoms with van der Waals surface area (Å²) in [5.41, 5.74) is 0.438. The van der Waals surface area contributed by atoms with Crippen LogP contribution >= 0.6 is 0 Å². The number of carboxylic acids is 1. The first-order chi connectivity index (χ1) is 12.5. The van der Waals surface area contributed by atoms with E-state index >= 15 is 0 Å². The number of benzene rings is 1. The summed E-state index contributed by atoms with van der Waals surface area (Å²) >= 11 is -2.78. The molecule has 0 radical (unpaired) electrons. The van der Waals surface area contributed by atoms with E-state index in [9.17, 15) is 9.90 Å². The summed E-state index contributed by atoms with van der Waals surface area (Å²) in [6.07, 6.45) is 11.4. The Balaban J connectivity index is 2.45. The second-order valence-electron chi connectivity index (χ2n) is 7.29. The van der Waals surface area contributed by atoms with E-state index in [-0.39, 0.29) is 0 Å². The number of hydrogen-bond acceptors (Lipinski definition) is 1. The fraction of sp³-hybridized carbons (Fsp3) is 0.524. The van der Waals surface area contributed by atoms with Crippen LogP contribution in [0.5, 0.6) is 0 Å². The Morgan fingerprint density at radius 3 is 2.38 bits per heavy atom. The van der Waals surface area contributed by atoms with E-state index in [0.717, 1.165) is 11.1 Å². The van der Waals surface area contributed by atoms with Crippen molar-refractivity contribution in [3.05, 3.63) is 48.5 Å². The van der Waals surface area contributed by atoms with Gasteiger partial charge in [0, 0.05) is 0 Å². The van der Waals surface area contributed by atoms with Crippen molar-refractivity contribution >= 4 is 27.9 Å². The Bertz CT molecular complexity index is 704. The number of nitrogens with zero attached hydrogens (tertiary/aromatic N) is 2. The van der Waals surface area contributed by atoms with Gasteiger partial charge in [0.05, 0.1) is 0 Å². The van der Waals surface area contributed by atoms with Crippen molar-refractivity contribution in [3.63, 3.8) is 0 Å². The topological polar surface area (TPSA) is 46.1 Å². The third-order valence-electron chi connectivity index (χ3n) is 5.34. The van der Waals surface area contributed by atoms with Crippen LogP contribution in [-0.4, -0.2) is 34.0 Å². The molecule has 1 aromatic heterocycles. The van der Waals surface area contributed by atoms with Gasteiger partial charge in [-0.25, -0.2) is 0 Å². The molecule has 0 spiro atoms. The second-order valence-corrected chi connectivity index (χ2v) is 20.0. The number of unbranched alkanes of at least 4 members (excludes halogenated alkanes) is 2. The summed E-state index contributed by atoms with van der Waals surface area (Å²) in [5.74, 6) is -0.817. The van der Waals surface area contributed by atoms with Gasteiger partial charge in [-0.1, -0.05) is 0 Å². The van der Waals surface area contributed by atoms with Gasteiger partial charge >= 0.3 is 162 Å². The van der Waals surface area contributed by atoms with E-state index < -0.39 is 24.3 Å². The van der Waals surface area contributed by atoms with Crippen LogP contribution in [-0.2, 0) is 11.1 Å². The molecule has 0 fully saturated rings. The van der Waals surface area contributed by atoms with Gasteiger partial charge in [0.25, 0.3) is 0 Å². The summed E-state index contributed by atoms with van der Waals surface area (Å²) in [4.78, 5) is 11.5. The summed E-state index contributed by atoms with van der Waals surface area (Å²) in [7, 11) is 0. The molecule has 0 saturated heterocycles. The maximum atomic E-state index is 11.5. The van der Waals surface area contributed by atoms with Gasteiger partial charge in [-0.15, -0.1) is 0 Å². The first-order valence-corrected chi connectivity index (χ1v) is 17.4. The normalized spacial score (nSPS) is 11.7. The number of carbonyl (C=O) groups is 1. The Kier molecular flexibility index (Phi) is 8.19. The molecule has 0 atom stereocenters. The van der Waals surface area contributed by atoms with Crippen molar-refractivity contribution in [2.75, 3.05) is 0 Å². The van der Waals surface area contributed by atoms with Gasteiger partial charge < -0.3 is 0 Å². The number of carboxylic acid groups (broad SMARTS) is 1. The van der Waals surface area contributed by atoms with E-state index in [1.54, 1.807) is 6.07 Å². The van der Waals surface area contributed by atoms with Crippen LogP contribution in [0, 0.1) is 0 Å². The van der Waals surface area contributed by atoms with Crippen LogP contribution in [0.25, 0.3) is 0 Å².